The van der Waals surface area contributed by atoms with Gasteiger partial charge in [0, 0.05) is 32.7 Å². The molecule has 4 saturated heterocycles. The number of ether oxygens (including phenoxy) is 3. The zero-order valence-corrected chi connectivity index (χ0v) is 26.0. The molecule has 10 heteroatoms. The maximum absolute atomic E-state index is 14.7. The van der Waals surface area contributed by atoms with Gasteiger partial charge in [-0.2, -0.15) is 0 Å². The molecule has 4 fully saturated rings. The van der Waals surface area contributed by atoms with Crippen molar-refractivity contribution in [3.8, 4) is 0 Å². The normalized spacial score (nSPS) is 33.7. The van der Waals surface area contributed by atoms with Crippen LogP contribution in [0.2, 0.25) is 0 Å². The highest BCUT2D eigenvalue weighted by Crippen LogP contribution is 2.65. The third-order valence-corrected chi connectivity index (χ3v) is 10.3. The number of aliphatic hydroxyl groups excluding tert-OH is 1. The van der Waals surface area contributed by atoms with Crippen LogP contribution < -0.4 is 0 Å². The lowest BCUT2D eigenvalue weighted by Crippen LogP contribution is -2.60. The summed E-state index contributed by atoms with van der Waals surface area (Å²) in [4.78, 5) is 48.5. The predicted molar refractivity (Wildman–Crippen MR) is 158 cm³/mol. The lowest BCUT2D eigenvalue weighted by atomic mass is 9.62. The van der Waals surface area contributed by atoms with E-state index in [4.69, 9.17) is 14.2 Å². The minimum Gasteiger partial charge on any atom is -0.465 e. The molecule has 8 atom stereocenters. The number of carbonyl (C=O) groups is 3. The number of rotatable bonds is 15. The fraction of sp³-hybridized carbons (Fsp3) is 0.781. The molecule has 4 aliphatic heterocycles. The molecule has 0 radical (unpaired) electrons. The van der Waals surface area contributed by atoms with Gasteiger partial charge in [-0.3, -0.25) is 19.3 Å². The average molecular weight is 590 g/mol. The lowest BCUT2D eigenvalue weighted by molar-refractivity contribution is -0.164. The van der Waals surface area contributed by atoms with Crippen molar-refractivity contribution in [3.63, 3.8) is 0 Å². The third-order valence-electron chi connectivity index (χ3n) is 10.3. The Kier molecular flexibility index (Phi) is 10.5. The van der Waals surface area contributed by atoms with Gasteiger partial charge >= 0.3 is 5.97 Å². The number of amides is 2. The molecule has 0 saturated carbocycles. The van der Waals surface area contributed by atoms with E-state index in [1.54, 1.807) is 22.0 Å². The summed E-state index contributed by atoms with van der Waals surface area (Å²) < 4.78 is 18.0. The first-order valence-corrected chi connectivity index (χ1v) is 15.7. The SMILES string of the molecule is C=CCCCOC(=O)[C@H]1[C@H]2C(=O)N([C@@H](CO)[C@@H](C)CC)C(C(=O)N(CC=C)CCN3CCOCC3)C23CC(C)[C@]1(C)O3. The summed E-state index contributed by atoms with van der Waals surface area (Å²) in [6.45, 7) is 19.8. The van der Waals surface area contributed by atoms with Crippen molar-refractivity contribution in [1.82, 2.24) is 14.7 Å². The second-order valence-corrected chi connectivity index (χ2v) is 12.7. The number of likely N-dealkylation sites (tertiary alicyclic amines) is 1. The Morgan fingerprint density at radius 1 is 1.26 bits per heavy atom. The number of esters is 1. The molecule has 4 heterocycles. The second-order valence-electron chi connectivity index (χ2n) is 12.7. The Bertz CT molecular complexity index is 1020. The van der Waals surface area contributed by atoms with Gasteiger partial charge in [-0.1, -0.05) is 39.3 Å². The summed E-state index contributed by atoms with van der Waals surface area (Å²) in [5.74, 6) is -2.83. The molecular formula is C32H51N3O7. The van der Waals surface area contributed by atoms with E-state index < -0.39 is 41.1 Å². The van der Waals surface area contributed by atoms with E-state index in [1.165, 1.54) is 0 Å². The molecule has 236 valence electrons. The summed E-state index contributed by atoms with van der Waals surface area (Å²) in [6, 6.07) is -1.55. The van der Waals surface area contributed by atoms with Gasteiger partial charge in [-0.05, 0) is 38.0 Å². The van der Waals surface area contributed by atoms with Gasteiger partial charge in [0.05, 0.1) is 44.0 Å². The maximum atomic E-state index is 14.7. The predicted octanol–water partition coefficient (Wildman–Crippen LogP) is 2.26. The molecule has 0 aliphatic carbocycles. The summed E-state index contributed by atoms with van der Waals surface area (Å²) in [7, 11) is 0. The number of allylic oxidation sites excluding steroid dienone is 1. The quantitative estimate of drug-likeness (QED) is 0.176. The van der Waals surface area contributed by atoms with Gasteiger partial charge in [0.2, 0.25) is 11.8 Å². The van der Waals surface area contributed by atoms with E-state index in [2.05, 4.69) is 18.1 Å². The van der Waals surface area contributed by atoms with Crippen LogP contribution in [0, 0.1) is 23.7 Å². The van der Waals surface area contributed by atoms with E-state index >= 15 is 0 Å². The Morgan fingerprint density at radius 2 is 1.98 bits per heavy atom. The fourth-order valence-electron chi connectivity index (χ4n) is 7.68. The third kappa shape index (κ3) is 5.67. The molecule has 0 aromatic heterocycles. The van der Waals surface area contributed by atoms with Crippen molar-refractivity contribution in [2.24, 2.45) is 23.7 Å². The maximum Gasteiger partial charge on any atom is 0.312 e. The van der Waals surface area contributed by atoms with Crippen molar-refractivity contribution < 1.29 is 33.7 Å². The average Bonchev–Trinajstić information content (AvgIpc) is 3.50. The number of nitrogens with zero attached hydrogens (tertiary/aromatic N) is 3. The van der Waals surface area contributed by atoms with Gasteiger partial charge in [-0.15, -0.1) is 13.2 Å². The molecule has 4 aliphatic rings. The monoisotopic (exact) mass is 589 g/mol. The zero-order chi connectivity index (χ0) is 30.7. The Labute approximate surface area is 251 Å². The molecule has 0 aromatic rings. The highest BCUT2D eigenvalue weighted by molar-refractivity contribution is 5.98. The molecule has 2 bridgehead atoms. The number of fused-ring (bicyclic) bond motifs is 1. The van der Waals surface area contributed by atoms with Crippen LogP contribution in [0.25, 0.3) is 0 Å². The fourth-order valence-corrected chi connectivity index (χ4v) is 7.68. The van der Waals surface area contributed by atoms with Crippen LogP contribution in [0.1, 0.15) is 53.4 Å². The van der Waals surface area contributed by atoms with Gasteiger partial charge in [0.1, 0.15) is 17.6 Å². The van der Waals surface area contributed by atoms with Crippen molar-refractivity contribution in [1.29, 1.82) is 0 Å². The smallest absolute Gasteiger partial charge is 0.312 e. The van der Waals surface area contributed by atoms with Crippen LogP contribution in [0.4, 0.5) is 0 Å². The highest BCUT2D eigenvalue weighted by Gasteiger charge is 2.80. The van der Waals surface area contributed by atoms with Crippen molar-refractivity contribution in [2.45, 2.75) is 76.7 Å². The molecule has 4 rings (SSSR count). The van der Waals surface area contributed by atoms with Crippen LogP contribution in [-0.2, 0) is 28.6 Å². The summed E-state index contributed by atoms with van der Waals surface area (Å²) in [5, 5.41) is 10.6. The molecule has 0 aromatic carbocycles. The lowest BCUT2D eigenvalue weighted by Gasteiger charge is -2.41. The van der Waals surface area contributed by atoms with Crippen molar-refractivity contribution >= 4 is 17.8 Å². The van der Waals surface area contributed by atoms with Gasteiger partial charge in [0.25, 0.3) is 0 Å². The molecule has 3 unspecified atom stereocenters. The van der Waals surface area contributed by atoms with Gasteiger partial charge in [-0.25, -0.2) is 0 Å². The van der Waals surface area contributed by atoms with E-state index in [9.17, 15) is 19.5 Å². The van der Waals surface area contributed by atoms with Crippen LogP contribution in [0.5, 0.6) is 0 Å². The standard InChI is InChI=1S/C32H51N3O7/c1-7-10-11-17-41-30(39)26-25-28(37)35(24(21-36)22(4)9-3)27(32(25)20-23(5)31(26,6)42-32)29(38)34(12-8-2)14-13-33-15-18-40-19-16-33/h7-8,22-27,36H,1-2,9-21H2,3-6H3/t22-,23?,24-,25-,26+,27?,31-,32?/m0/s1. The van der Waals surface area contributed by atoms with Crippen LogP contribution >= 0.6 is 0 Å². The van der Waals surface area contributed by atoms with Crippen LogP contribution in [-0.4, -0.2) is 120 Å². The molecule has 1 N–H and O–H groups in total. The van der Waals surface area contributed by atoms with Crippen molar-refractivity contribution in [3.05, 3.63) is 25.3 Å². The van der Waals surface area contributed by atoms with Gasteiger partial charge in [0.15, 0.2) is 0 Å². The number of hydrogen-bond acceptors (Lipinski definition) is 8. The molecular weight excluding hydrogens is 538 g/mol. The molecule has 2 amide bonds. The molecule has 42 heavy (non-hydrogen) atoms. The largest absolute Gasteiger partial charge is 0.465 e. The number of hydrogen-bond donors (Lipinski definition) is 1. The van der Waals surface area contributed by atoms with E-state index in [0.717, 1.165) is 19.5 Å². The van der Waals surface area contributed by atoms with Crippen LogP contribution in [0.3, 0.4) is 0 Å². The topological polar surface area (TPSA) is 109 Å². The second kappa shape index (κ2) is 13.6. The number of unbranched alkanes of at least 4 members (excludes halogenated alkanes) is 1. The van der Waals surface area contributed by atoms with E-state index in [-0.39, 0.29) is 36.9 Å². The Hall–Kier alpha value is -2.27. The summed E-state index contributed by atoms with van der Waals surface area (Å²) in [5.41, 5.74) is -2.13. The number of carbonyl (C=O) groups excluding carboxylic acids is 3. The summed E-state index contributed by atoms with van der Waals surface area (Å²) >= 11 is 0. The Balaban J connectivity index is 1.72. The zero-order valence-electron chi connectivity index (χ0n) is 26.0. The molecule has 10 nitrogen and oxygen atoms in total. The van der Waals surface area contributed by atoms with E-state index in [0.29, 0.717) is 52.1 Å². The highest BCUT2D eigenvalue weighted by atomic mass is 16.6. The van der Waals surface area contributed by atoms with E-state index in [1.807, 2.05) is 27.7 Å². The minimum atomic E-state index is -1.19. The first kappa shape index (κ1) is 32.6. The Morgan fingerprint density at radius 3 is 2.60 bits per heavy atom. The number of morpholine rings is 1. The van der Waals surface area contributed by atoms with Gasteiger partial charge < -0.3 is 29.1 Å². The van der Waals surface area contributed by atoms with Crippen LogP contribution in [0.15, 0.2) is 25.3 Å². The minimum absolute atomic E-state index is 0.0693. The molecule has 1 spiro atoms. The van der Waals surface area contributed by atoms with Crippen molar-refractivity contribution in [2.75, 3.05) is 59.2 Å². The first-order valence-electron chi connectivity index (χ1n) is 15.7. The first-order chi connectivity index (χ1) is 20.1. The summed E-state index contributed by atoms with van der Waals surface area (Å²) in [6.07, 6.45) is 6.02. The number of aliphatic hydroxyl groups is 1.